The van der Waals surface area contributed by atoms with Crippen molar-refractivity contribution in [3.63, 3.8) is 0 Å². The quantitative estimate of drug-likeness (QED) is 0.349. The van der Waals surface area contributed by atoms with E-state index in [2.05, 4.69) is 0 Å². The van der Waals surface area contributed by atoms with E-state index < -0.39 is 52.9 Å². The number of benzene rings is 1. The van der Waals surface area contributed by atoms with Crippen LogP contribution in [-0.4, -0.2) is 69.1 Å². The third-order valence-electron chi connectivity index (χ3n) is 9.72. The minimum absolute atomic E-state index is 0.0197. The summed E-state index contributed by atoms with van der Waals surface area (Å²) in [5, 5.41) is 46.8. The number of rotatable bonds is 6. The number of carbonyl (C=O) groups excluding carboxylic acids is 1. The van der Waals surface area contributed by atoms with Crippen LogP contribution in [0.15, 0.2) is 42.0 Å². The first-order valence-corrected chi connectivity index (χ1v) is 13.1. The van der Waals surface area contributed by atoms with Crippen molar-refractivity contribution in [1.29, 1.82) is 0 Å². The minimum Gasteiger partial charge on any atom is -0.461 e. The maximum absolute atomic E-state index is 12.9. The van der Waals surface area contributed by atoms with E-state index in [1.807, 2.05) is 51.1 Å². The number of hydrogen-bond acceptors (Lipinski definition) is 7. The van der Waals surface area contributed by atoms with Crippen LogP contribution in [-0.2, 0) is 20.7 Å². The monoisotopic (exact) mass is 502 g/mol. The fourth-order valence-corrected chi connectivity index (χ4v) is 7.31. The molecule has 0 saturated heterocycles. The maximum atomic E-state index is 12.9. The van der Waals surface area contributed by atoms with Gasteiger partial charge in [0.15, 0.2) is 0 Å². The molecule has 1 aromatic rings. The van der Waals surface area contributed by atoms with Crippen molar-refractivity contribution >= 4 is 5.97 Å². The van der Waals surface area contributed by atoms with Gasteiger partial charge in [0.05, 0.1) is 47.3 Å². The van der Waals surface area contributed by atoms with Crippen molar-refractivity contribution in [2.75, 3.05) is 13.7 Å². The summed E-state index contributed by atoms with van der Waals surface area (Å²) in [5.74, 6) is -1.55. The van der Waals surface area contributed by atoms with Crippen molar-refractivity contribution in [3.05, 3.63) is 47.5 Å². The SMILES string of the molecule is COC(C)(C)[C@H]1CC[C@@]2(CO)[C@H](O)[C@H]3[C@@H](OC(=O)Cc4ccccc4)[C@@H](C)C[C@]3(O)C=C(C)[C@]2(O)C1. The van der Waals surface area contributed by atoms with E-state index in [-0.39, 0.29) is 31.1 Å². The lowest BCUT2D eigenvalue weighted by Crippen LogP contribution is -2.65. The van der Waals surface area contributed by atoms with Crippen molar-refractivity contribution in [3.8, 4) is 0 Å². The maximum Gasteiger partial charge on any atom is 0.310 e. The summed E-state index contributed by atoms with van der Waals surface area (Å²) in [6.07, 6.45) is 1.22. The third kappa shape index (κ3) is 4.23. The number of ether oxygens (including phenoxy) is 2. The fraction of sp³-hybridized carbons (Fsp3) is 0.690. The van der Waals surface area contributed by atoms with E-state index in [9.17, 15) is 25.2 Å². The Hall–Kier alpha value is -1.77. The van der Waals surface area contributed by atoms with Crippen molar-refractivity contribution in [1.82, 2.24) is 0 Å². The molecule has 0 spiro atoms. The summed E-state index contributed by atoms with van der Waals surface area (Å²) in [5.41, 5.74) is -3.51. The number of carbonyl (C=O) groups is 1. The van der Waals surface area contributed by atoms with Crippen LogP contribution >= 0.6 is 0 Å². The van der Waals surface area contributed by atoms with Crippen LogP contribution < -0.4 is 0 Å². The van der Waals surface area contributed by atoms with Gasteiger partial charge in [-0.3, -0.25) is 4.79 Å². The van der Waals surface area contributed by atoms with Gasteiger partial charge in [0.25, 0.3) is 0 Å². The molecule has 8 atom stereocenters. The van der Waals surface area contributed by atoms with Gasteiger partial charge in [0.2, 0.25) is 0 Å². The van der Waals surface area contributed by atoms with Crippen LogP contribution in [0.2, 0.25) is 0 Å². The van der Waals surface area contributed by atoms with E-state index >= 15 is 0 Å². The molecule has 0 aliphatic heterocycles. The number of fused-ring (bicyclic) bond motifs is 2. The highest BCUT2D eigenvalue weighted by Crippen LogP contribution is 2.61. The zero-order valence-corrected chi connectivity index (χ0v) is 22.1. The highest BCUT2D eigenvalue weighted by molar-refractivity contribution is 5.72. The fourth-order valence-electron chi connectivity index (χ4n) is 7.31. The van der Waals surface area contributed by atoms with Crippen LogP contribution in [0.25, 0.3) is 0 Å². The average Bonchev–Trinajstić information content (AvgIpc) is 3.04. The molecule has 36 heavy (non-hydrogen) atoms. The van der Waals surface area contributed by atoms with E-state index in [0.29, 0.717) is 18.4 Å². The van der Waals surface area contributed by atoms with Gasteiger partial charge in [-0.15, -0.1) is 0 Å². The predicted molar refractivity (Wildman–Crippen MR) is 135 cm³/mol. The molecule has 2 saturated carbocycles. The number of aliphatic hydroxyl groups excluding tert-OH is 2. The lowest BCUT2D eigenvalue weighted by Gasteiger charge is -2.57. The molecule has 4 N–H and O–H groups in total. The highest BCUT2D eigenvalue weighted by Gasteiger charge is 2.68. The Morgan fingerprint density at radius 3 is 2.44 bits per heavy atom. The van der Waals surface area contributed by atoms with Crippen LogP contribution in [0.3, 0.4) is 0 Å². The largest absolute Gasteiger partial charge is 0.461 e. The van der Waals surface area contributed by atoms with E-state index in [4.69, 9.17) is 9.47 Å². The lowest BCUT2D eigenvalue weighted by molar-refractivity contribution is -0.219. The number of hydrogen-bond donors (Lipinski definition) is 4. The second kappa shape index (κ2) is 9.52. The van der Waals surface area contributed by atoms with Crippen LogP contribution in [0, 0.1) is 23.2 Å². The summed E-state index contributed by atoms with van der Waals surface area (Å²) in [6, 6.07) is 9.29. The molecule has 0 bridgehead atoms. The molecule has 3 aliphatic carbocycles. The molecule has 7 nitrogen and oxygen atoms in total. The normalized spacial score (nSPS) is 40.6. The number of esters is 1. The first kappa shape index (κ1) is 27.3. The smallest absolute Gasteiger partial charge is 0.310 e. The van der Waals surface area contributed by atoms with Crippen molar-refractivity contribution < 1.29 is 34.7 Å². The van der Waals surface area contributed by atoms with Gasteiger partial charge >= 0.3 is 5.97 Å². The second-order valence-corrected chi connectivity index (χ2v) is 12.0. The first-order chi connectivity index (χ1) is 16.8. The number of aliphatic hydroxyl groups is 4. The van der Waals surface area contributed by atoms with Crippen molar-refractivity contribution in [2.24, 2.45) is 23.2 Å². The van der Waals surface area contributed by atoms with E-state index in [1.165, 1.54) is 0 Å². The molecule has 0 heterocycles. The molecule has 2 fully saturated rings. The molecule has 0 unspecified atom stereocenters. The van der Waals surface area contributed by atoms with Crippen molar-refractivity contribution in [2.45, 2.75) is 88.8 Å². The summed E-state index contributed by atoms with van der Waals surface area (Å²) >= 11 is 0. The van der Waals surface area contributed by atoms with Gasteiger partial charge in [-0.05, 0) is 69.4 Å². The van der Waals surface area contributed by atoms with Crippen LogP contribution in [0.5, 0.6) is 0 Å². The molecular weight excluding hydrogens is 460 g/mol. The second-order valence-electron chi connectivity index (χ2n) is 12.0. The predicted octanol–water partition coefficient (Wildman–Crippen LogP) is 2.78. The molecule has 0 radical (unpaired) electrons. The van der Waals surface area contributed by atoms with Crippen LogP contribution in [0.4, 0.5) is 0 Å². The molecule has 4 rings (SSSR count). The van der Waals surface area contributed by atoms with Gasteiger partial charge in [-0.25, -0.2) is 0 Å². The molecule has 0 aromatic heterocycles. The van der Waals surface area contributed by atoms with Gasteiger partial charge < -0.3 is 29.9 Å². The third-order valence-corrected chi connectivity index (χ3v) is 9.72. The summed E-state index contributed by atoms with van der Waals surface area (Å²) < 4.78 is 11.7. The molecule has 7 heteroatoms. The summed E-state index contributed by atoms with van der Waals surface area (Å²) in [4.78, 5) is 12.9. The van der Waals surface area contributed by atoms with E-state index in [1.54, 1.807) is 20.1 Å². The molecule has 0 amide bonds. The summed E-state index contributed by atoms with van der Waals surface area (Å²) in [7, 11) is 1.64. The van der Waals surface area contributed by atoms with E-state index in [0.717, 1.165) is 5.56 Å². The first-order valence-electron chi connectivity index (χ1n) is 13.1. The Kier molecular flexibility index (Phi) is 7.21. The Balaban J connectivity index is 1.70. The van der Waals surface area contributed by atoms with Gasteiger partial charge in [0.1, 0.15) is 6.10 Å². The minimum atomic E-state index is -1.55. The highest BCUT2D eigenvalue weighted by atomic mass is 16.5. The van der Waals surface area contributed by atoms with Gasteiger partial charge in [-0.2, -0.15) is 0 Å². The molecular formula is C29H42O7. The lowest BCUT2D eigenvalue weighted by atomic mass is 9.53. The van der Waals surface area contributed by atoms with Gasteiger partial charge in [0, 0.05) is 7.11 Å². The number of methoxy groups -OCH3 is 1. The Morgan fingerprint density at radius 1 is 1.17 bits per heavy atom. The molecule has 200 valence electrons. The standard InChI is InChI=1S/C29H42O7/c1-18-14-28(33)15-19(2)29(34)16-21(26(3,4)35-5)11-12-27(29,17-30)25(32)23(28)24(18)36-22(31)13-20-9-7-6-8-10-20/h6-10,15,18,21,23-25,30,32-34H,11-14,16-17H2,1-5H3/t18-,21-,23+,24-,25+,27+,28-,29+/m0/s1. The summed E-state index contributed by atoms with van der Waals surface area (Å²) in [6.45, 7) is 7.16. The Morgan fingerprint density at radius 2 is 1.83 bits per heavy atom. The van der Waals surface area contributed by atoms with Crippen LogP contribution in [0.1, 0.15) is 58.9 Å². The average molecular weight is 503 g/mol. The molecule has 1 aromatic carbocycles. The topological polar surface area (TPSA) is 116 Å². The zero-order valence-electron chi connectivity index (χ0n) is 22.1. The molecule has 3 aliphatic rings. The Labute approximate surface area is 214 Å². The zero-order chi connectivity index (χ0) is 26.5. The Bertz CT molecular complexity index is 991. The van der Waals surface area contributed by atoms with Gasteiger partial charge in [-0.1, -0.05) is 43.3 Å².